The van der Waals surface area contributed by atoms with Crippen LogP contribution in [-0.4, -0.2) is 79.5 Å². The van der Waals surface area contributed by atoms with E-state index in [0.29, 0.717) is 39.6 Å². The summed E-state index contributed by atoms with van der Waals surface area (Å²) in [6, 6.07) is 0. The van der Waals surface area contributed by atoms with Crippen LogP contribution in [0.25, 0.3) is 0 Å². The maximum absolute atomic E-state index is 5.88. The van der Waals surface area contributed by atoms with Gasteiger partial charge < -0.3 is 26.6 Å². The summed E-state index contributed by atoms with van der Waals surface area (Å²) in [5, 5.41) is 1.57. The Labute approximate surface area is 171 Å². The van der Waals surface area contributed by atoms with Gasteiger partial charge in [0.2, 0.25) is 0 Å². The first-order chi connectivity index (χ1) is 12.6. The van der Waals surface area contributed by atoms with E-state index in [-0.39, 0.29) is 0 Å². The maximum Gasteiger partial charge on any atom is 0.511 e. The molecule has 0 aromatic carbocycles. The van der Waals surface area contributed by atoms with Gasteiger partial charge in [0, 0.05) is 51.1 Å². The van der Waals surface area contributed by atoms with Gasteiger partial charge in [-0.2, -0.15) is 23.5 Å². The summed E-state index contributed by atoms with van der Waals surface area (Å²) in [5.74, 6) is 2.00. The van der Waals surface area contributed by atoms with Gasteiger partial charge in [-0.25, -0.2) is 0 Å². The Bertz CT molecular complexity index is 265. The standard InChI is InChI=1S/C16H38O6S2Si2/c1-7-17-25(18-8-2,19-9-3)15-23-13-14-24-16-26(20-10-4,21-11-5)22-12-6/h7-16H2,1-6H3. The normalized spacial score (nSPS) is 12.7. The van der Waals surface area contributed by atoms with Gasteiger partial charge in [-0.15, -0.1) is 0 Å². The zero-order valence-electron chi connectivity index (χ0n) is 17.3. The molecule has 0 heterocycles. The molecule has 0 saturated carbocycles. The lowest BCUT2D eigenvalue weighted by Crippen LogP contribution is -2.49. The Balaban J connectivity index is 4.35. The molecule has 0 spiro atoms. The van der Waals surface area contributed by atoms with E-state index in [2.05, 4.69) is 0 Å². The maximum atomic E-state index is 5.88. The van der Waals surface area contributed by atoms with Gasteiger partial charge in [-0.05, 0) is 41.5 Å². The lowest BCUT2D eigenvalue weighted by atomic mass is 10.9. The Kier molecular flexibility index (Phi) is 17.4. The van der Waals surface area contributed by atoms with E-state index in [4.69, 9.17) is 26.6 Å². The summed E-state index contributed by atoms with van der Waals surface area (Å²) in [6.07, 6.45) is 0. The van der Waals surface area contributed by atoms with Crippen LogP contribution in [0.1, 0.15) is 41.5 Å². The van der Waals surface area contributed by atoms with Gasteiger partial charge in [-0.1, -0.05) is 0 Å². The summed E-state index contributed by atoms with van der Waals surface area (Å²) in [5.41, 5.74) is 0. The monoisotopic (exact) mass is 446 g/mol. The van der Waals surface area contributed by atoms with E-state index in [1.54, 1.807) is 0 Å². The van der Waals surface area contributed by atoms with Gasteiger partial charge in [0.15, 0.2) is 0 Å². The van der Waals surface area contributed by atoms with Crippen LogP contribution in [0.2, 0.25) is 0 Å². The minimum absolute atomic E-state index is 0.618. The van der Waals surface area contributed by atoms with Crippen LogP contribution in [0.15, 0.2) is 0 Å². The second kappa shape index (κ2) is 16.8. The average molecular weight is 447 g/mol. The second-order valence-electron chi connectivity index (χ2n) is 5.07. The third-order valence-electron chi connectivity index (χ3n) is 3.12. The molecular formula is C16H38O6S2Si2. The molecule has 0 aliphatic carbocycles. The predicted octanol–water partition coefficient (Wildman–Crippen LogP) is 3.63. The second-order valence-corrected chi connectivity index (χ2v) is 13.5. The molecule has 10 heteroatoms. The highest BCUT2D eigenvalue weighted by Gasteiger charge is 2.41. The Morgan fingerprint density at radius 3 is 0.885 bits per heavy atom. The van der Waals surface area contributed by atoms with Gasteiger partial charge in [0.1, 0.15) is 0 Å². The minimum Gasteiger partial charge on any atom is -0.373 e. The van der Waals surface area contributed by atoms with Crippen molar-refractivity contribution in [3.8, 4) is 0 Å². The first kappa shape index (κ1) is 26.9. The molecule has 0 rings (SSSR count). The van der Waals surface area contributed by atoms with Crippen LogP contribution in [-0.2, 0) is 26.6 Å². The Morgan fingerprint density at radius 2 is 0.692 bits per heavy atom. The van der Waals surface area contributed by atoms with Crippen LogP contribution < -0.4 is 0 Å². The molecule has 0 radical (unpaired) electrons. The van der Waals surface area contributed by atoms with E-state index in [9.17, 15) is 0 Å². The third kappa shape index (κ3) is 11.0. The number of rotatable bonds is 19. The molecule has 0 aromatic heterocycles. The summed E-state index contributed by atoms with van der Waals surface area (Å²) in [4.78, 5) is 0. The topological polar surface area (TPSA) is 55.4 Å². The van der Waals surface area contributed by atoms with E-state index in [0.717, 1.165) is 22.3 Å². The molecule has 0 atom stereocenters. The van der Waals surface area contributed by atoms with Gasteiger partial charge in [-0.3, -0.25) is 0 Å². The van der Waals surface area contributed by atoms with Crippen molar-refractivity contribution < 1.29 is 26.6 Å². The highest BCUT2D eigenvalue weighted by Crippen LogP contribution is 2.21. The smallest absolute Gasteiger partial charge is 0.373 e. The fourth-order valence-corrected chi connectivity index (χ4v) is 11.6. The number of thioether (sulfide) groups is 2. The van der Waals surface area contributed by atoms with Crippen LogP contribution in [0.4, 0.5) is 0 Å². The van der Waals surface area contributed by atoms with Crippen molar-refractivity contribution in [1.29, 1.82) is 0 Å². The minimum atomic E-state index is -2.54. The molecule has 0 N–H and O–H groups in total. The number of hydrogen-bond donors (Lipinski definition) is 0. The van der Waals surface area contributed by atoms with Gasteiger partial charge in [0.25, 0.3) is 0 Å². The van der Waals surface area contributed by atoms with Crippen LogP contribution in [0, 0.1) is 0 Å². The average Bonchev–Trinajstić information content (AvgIpc) is 2.59. The Hall–Kier alpha value is 0.894. The van der Waals surface area contributed by atoms with Crippen molar-refractivity contribution in [3.05, 3.63) is 0 Å². The van der Waals surface area contributed by atoms with Crippen molar-refractivity contribution in [3.63, 3.8) is 0 Å². The highest BCUT2D eigenvalue weighted by atomic mass is 32.2. The first-order valence-electron chi connectivity index (χ1n) is 9.56. The largest absolute Gasteiger partial charge is 0.511 e. The SMILES string of the molecule is CCO[Si](CSCCSC[Si](OCC)(OCC)OCC)(OCC)OCC. The summed E-state index contributed by atoms with van der Waals surface area (Å²) in [6.45, 7) is 15.6. The fourth-order valence-electron chi connectivity index (χ4n) is 2.33. The lowest BCUT2D eigenvalue weighted by Gasteiger charge is -2.28. The molecule has 0 saturated heterocycles. The molecule has 0 unspecified atom stereocenters. The molecular weight excluding hydrogens is 408 g/mol. The van der Waals surface area contributed by atoms with Gasteiger partial charge >= 0.3 is 17.6 Å². The van der Waals surface area contributed by atoms with Crippen LogP contribution in [0.3, 0.4) is 0 Å². The molecule has 158 valence electrons. The zero-order chi connectivity index (χ0) is 19.7. The predicted molar refractivity (Wildman–Crippen MR) is 116 cm³/mol. The van der Waals surface area contributed by atoms with Crippen molar-refractivity contribution in [2.24, 2.45) is 0 Å². The molecule has 0 bridgehead atoms. The third-order valence-corrected chi connectivity index (χ3v) is 13.2. The molecule has 26 heavy (non-hydrogen) atoms. The van der Waals surface area contributed by atoms with E-state index < -0.39 is 17.6 Å². The number of hydrogen-bond acceptors (Lipinski definition) is 8. The van der Waals surface area contributed by atoms with Gasteiger partial charge in [0.05, 0.1) is 10.8 Å². The fraction of sp³-hybridized carbons (Fsp3) is 1.00. The van der Waals surface area contributed by atoms with Crippen molar-refractivity contribution in [1.82, 2.24) is 0 Å². The lowest BCUT2D eigenvalue weighted by molar-refractivity contribution is 0.0764. The summed E-state index contributed by atoms with van der Waals surface area (Å²) >= 11 is 3.66. The molecule has 0 aliphatic heterocycles. The zero-order valence-corrected chi connectivity index (χ0v) is 21.0. The van der Waals surface area contributed by atoms with Crippen molar-refractivity contribution in [2.75, 3.05) is 61.9 Å². The van der Waals surface area contributed by atoms with Crippen molar-refractivity contribution in [2.45, 2.75) is 41.5 Å². The summed E-state index contributed by atoms with van der Waals surface area (Å²) in [7, 11) is -5.08. The quantitative estimate of drug-likeness (QED) is 0.220. The van der Waals surface area contributed by atoms with Crippen LogP contribution >= 0.6 is 23.5 Å². The van der Waals surface area contributed by atoms with E-state index in [1.807, 2.05) is 65.1 Å². The molecule has 0 amide bonds. The van der Waals surface area contributed by atoms with Crippen LogP contribution in [0.5, 0.6) is 0 Å². The molecule has 6 nitrogen and oxygen atoms in total. The first-order valence-corrected chi connectivity index (χ1v) is 15.7. The summed E-state index contributed by atoms with van der Waals surface area (Å²) < 4.78 is 35.3. The molecule has 0 aromatic rings. The Morgan fingerprint density at radius 1 is 0.462 bits per heavy atom. The van der Waals surface area contributed by atoms with E-state index >= 15 is 0 Å². The molecule has 0 aliphatic rings. The van der Waals surface area contributed by atoms with E-state index in [1.165, 1.54) is 0 Å². The molecule has 0 fully saturated rings. The highest BCUT2D eigenvalue weighted by molar-refractivity contribution is 8.04. The van der Waals surface area contributed by atoms with Crippen molar-refractivity contribution >= 4 is 41.1 Å².